The predicted octanol–water partition coefficient (Wildman–Crippen LogP) is 1.61. The molecule has 0 radical (unpaired) electrons. The number of primary amides is 1. The average Bonchev–Trinajstić information content (AvgIpc) is 2.81. The second-order valence-corrected chi connectivity index (χ2v) is 4.33. The Morgan fingerprint density at radius 3 is 2.90 bits per heavy atom. The van der Waals surface area contributed by atoms with E-state index in [0.29, 0.717) is 5.82 Å². The Balaban J connectivity index is 2.08. The summed E-state index contributed by atoms with van der Waals surface area (Å²) in [4.78, 5) is 19.1. The van der Waals surface area contributed by atoms with Crippen LogP contribution in [0.1, 0.15) is 5.69 Å². The zero-order valence-electron chi connectivity index (χ0n) is 10.7. The van der Waals surface area contributed by atoms with Gasteiger partial charge in [0.2, 0.25) is 0 Å². The topological polar surface area (TPSA) is 98.7 Å². The highest BCUT2D eigenvalue weighted by Crippen LogP contribution is 2.19. The minimum Gasteiger partial charge on any atom is -0.351 e. The van der Waals surface area contributed by atoms with Crippen LogP contribution in [-0.2, 0) is 0 Å². The van der Waals surface area contributed by atoms with Crippen LogP contribution in [-0.4, -0.2) is 25.8 Å². The van der Waals surface area contributed by atoms with Crippen molar-refractivity contribution in [3.05, 3.63) is 42.5 Å². The van der Waals surface area contributed by atoms with E-state index in [9.17, 15) is 4.79 Å². The standard InChI is InChI=1S/C13H12N6O/c1-8-4-10(2-3-15-8)19-11-7-16-12(18-13(14)20)5-9(11)6-17-19/h2-7H,1H3,(H3,14,16,18,20). The number of nitrogens with zero attached hydrogens (tertiary/aromatic N) is 4. The number of carbonyl (C=O) groups is 1. The van der Waals surface area contributed by atoms with E-state index in [1.165, 1.54) is 0 Å². The quantitative estimate of drug-likeness (QED) is 0.737. The van der Waals surface area contributed by atoms with Crippen molar-refractivity contribution in [2.75, 3.05) is 5.32 Å². The Bertz CT molecular complexity index is 794. The maximum atomic E-state index is 10.8. The molecule has 0 atom stereocenters. The molecule has 7 heteroatoms. The summed E-state index contributed by atoms with van der Waals surface area (Å²) in [6.07, 6.45) is 5.08. The van der Waals surface area contributed by atoms with Gasteiger partial charge in [-0.15, -0.1) is 0 Å². The number of hydrogen-bond donors (Lipinski definition) is 2. The maximum Gasteiger partial charge on any atom is 0.317 e. The van der Waals surface area contributed by atoms with Crippen LogP contribution in [0.5, 0.6) is 0 Å². The van der Waals surface area contributed by atoms with Gasteiger partial charge < -0.3 is 5.73 Å². The summed E-state index contributed by atoms with van der Waals surface area (Å²) in [5.41, 5.74) is 7.72. The number of anilines is 1. The van der Waals surface area contributed by atoms with Gasteiger partial charge in [0.25, 0.3) is 0 Å². The molecule has 0 spiro atoms. The van der Waals surface area contributed by atoms with Gasteiger partial charge in [-0.05, 0) is 25.1 Å². The van der Waals surface area contributed by atoms with Gasteiger partial charge in [-0.2, -0.15) is 5.10 Å². The van der Waals surface area contributed by atoms with Crippen molar-refractivity contribution in [2.45, 2.75) is 6.92 Å². The summed E-state index contributed by atoms with van der Waals surface area (Å²) in [5, 5.41) is 7.63. The molecule has 0 aliphatic heterocycles. The highest BCUT2D eigenvalue weighted by Gasteiger charge is 2.07. The van der Waals surface area contributed by atoms with Crippen molar-refractivity contribution >= 4 is 22.8 Å². The van der Waals surface area contributed by atoms with Crippen molar-refractivity contribution in [2.24, 2.45) is 5.73 Å². The van der Waals surface area contributed by atoms with Crippen LogP contribution >= 0.6 is 0 Å². The molecule has 0 aromatic carbocycles. The van der Waals surface area contributed by atoms with E-state index in [0.717, 1.165) is 22.3 Å². The van der Waals surface area contributed by atoms with Crippen LogP contribution in [0, 0.1) is 6.92 Å². The third-order valence-electron chi connectivity index (χ3n) is 2.83. The van der Waals surface area contributed by atoms with Crippen molar-refractivity contribution in [3.8, 4) is 5.69 Å². The van der Waals surface area contributed by atoms with Gasteiger partial charge in [0, 0.05) is 17.3 Å². The van der Waals surface area contributed by atoms with Crippen molar-refractivity contribution in [1.82, 2.24) is 19.7 Å². The van der Waals surface area contributed by atoms with E-state index >= 15 is 0 Å². The first-order valence-electron chi connectivity index (χ1n) is 5.97. The number of rotatable bonds is 2. The number of carbonyl (C=O) groups excluding carboxylic acids is 1. The molecule has 20 heavy (non-hydrogen) atoms. The molecule has 100 valence electrons. The largest absolute Gasteiger partial charge is 0.351 e. The molecule has 3 heterocycles. The molecule has 0 saturated carbocycles. The highest BCUT2D eigenvalue weighted by atomic mass is 16.2. The van der Waals surface area contributed by atoms with E-state index in [1.54, 1.807) is 29.3 Å². The van der Waals surface area contributed by atoms with Gasteiger partial charge in [0.05, 0.1) is 23.6 Å². The molecule has 0 bridgehead atoms. The number of urea groups is 1. The SMILES string of the molecule is Cc1cc(-n2ncc3cc(NC(N)=O)ncc32)ccn1. The lowest BCUT2D eigenvalue weighted by Crippen LogP contribution is -2.19. The van der Waals surface area contributed by atoms with Crippen LogP contribution < -0.4 is 11.1 Å². The van der Waals surface area contributed by atoms with Crippen LogP contribution in [0.15, 0.2) is 36.8 Å². The Morgan fingerprint density at radius 2 is 2.15 bits per heavy atom. The molecule has 3 aromatic heterocycles. The molecule has 0 fully saturated rings. The minimum atomic E-state index is -0.644. The van der Waals surface area contributed by atoms with Crippen LogP contribution in [0.2, 0.25) is 0 Å². The van der Waals surface area contributed by atoms with Gasteiger partial charge >= 0.3 is 6.03 Å². The lowest BCUT2D eigenvalue weighted by Gasteiger charge is -2.04. The summed E-state index contributed by atoms with van der Waals surface area (Å²) in [6, 6.07) is 4.88. The molecule has 0 unspecified atom stereocenters. The van der Waals surface area contributed by atoms with E-state index in [1.807, 2.05) is 19.1 Å². The van der Waals surface area contributed by atoms with E-state index in [-0.39, 0.29) is 0 Å². The second-order valence-electron chi connectivity index (χ2n) is 4.33. The first kappa shape index (κ1) is 12.1. The van der Waals surface area contributed by atoms with Crippen molar-refractivity contribution < 1.29 is 4.79 Å². The summed E-state index contributed by atoms with van der Waals surface area (Å²) in [6.45, 7) is 1.92. The Labute approximate surface area is 114 Å². The van der Waals surface area contributed by atoms with Gasteiger partial charge in [0.1, 0.15) is 5.82 Å². The number of amides is 2. The lowest BCUT2D eigenvalue weighted by atomic mass is 10.3. The second kappa shape index (κ2) is 4.61. The molecule has 3 aromatic rings. The summed E-state index contributed by atoms with van der Waals surface area (Å²) in [7, 11) is 0. The van der Waals surface area contributed by atoms with Gasteiger partial charge in [0.15, 0.2) is 0 Å². The normalized spacial score (nSPS) is 10.7. The minimum absolute atomic E-state index is 0.399. The maximum absolute atomic E-state index is 10.8. The molecule has 3 rings (SSSR count). The lowest BCUT2D eigenvalue weighted by molar-refractivity contribution is 0.259. The number of pyridine rings is 2. The monoisotopic (exact) mass is 268 g/mol. The highest BCUT2D eigenvalue weighted by molar-refractivity contribution is 5.90. The molecular formula is C13H12N6O. The molecule has 0 aliphatic rings. The zero-order valence-corrected chi connectivity index (χ0v) is 10.7. The van der Waals surface area contributed by atoms with Crippen molar-refractivity contribution in [1.29, 1.82) is 0 Å². The Hall–Kier alpha value is -2.96. The zero-order chi connectivity index (χ0) is 14.1. The Morgan fingerprint density at radius 1 is 1.30 bits per heavy atom. The fourth-order valence-corrected chi connectivity index (χ4v) is 1.99. The molecule has 2 amide bonds. The van der Waals surface area contributed by atoms with Gasteiger partial charge in [-0.1, -0.05) is 0 Å². The number of nitrogens with two attached hydrogens (primary N) is 1. The average molecular weight is 268 g/mol. The van der Waals surface area contributed by atoms with E-state index in [4.69, 9.17) is 5.73 Å². The first-order chi connectivity index (χ1) is 9.63. The summed E-state index contributed by atoms with van der Waals surface area (Å²) < 4.78 is 1.77. The van der Waals surface area contributed by atoms with E-state index in [2.05, 4.69) is 20.4 Å². The van der Waals surface area contributed by atoms with Crippen LogP contribution in [0.3, 0.4) is 0 Å². The summed E-state index contributed by atoms with van der Waals surface area (Å²) >= 11 is 0. The number of nitrogens with one attached hydrogen (secondary N) is 1. The van der Waals surface area contributed by atoms with Crippen LogP contribution in [0.25, 0.3) is 16.6 Å². The number of aromatic nitrogens is 4. The van der Waals surface area contributed by atoms with Gasteiger partial charge in [-0.3, -0.25) is 10.3 Å². The fourth-order valence-electron chi connectivity index (χ4n) is 1.99. The number of fused-ring (bicyclic) bond motifs is 1. The first-order valence-corrected chi connectivity index (χ1v) is 5.97. The number of hydrogen-bond acceptors (Lipinski definition) is 4. The molecular weight excluding hydrogens is 256 g/mol. The summed E-state index contributed by atoms with van der Waals surface area (Å²) in [5.74, 6) is 0.399. The smallest absolute Gasteiger partial charge is 0.317 e. The van der Waals surface area contributed by atoms with Gasteiger partial charge in [-0.25, -0.2) is 14.5 Å². The Kier molecular flexibility index (Phi) is 2.79. The molecule has 3 N–H and O–H groups in total. The van der Waals surface area contributed by atoms with E-state index < -0.39 is 6.03 Å². The number of aryl methyl sites for hydroxylation is 1. The van der Waals surface area contributed by atoms with Crippen LogP contribution in [0.4, 0.5) is 10.6 Å². The third-order valence-corrected chi connectivity index (χ3v) is 2.83. The molecule has 7 nitrogen and oxygen atoms in total. The van der Waals surface area contributed by atoms with Crippen molar-refractivity contribution in [3.63, 3.8) is 0 Å². The third kappa shape index (κ3) is 2.16. The molecule has 0 saturated heterocycles. The molecule has 0 aliphatic carbocycles. The fraction of sp³-hybridized carbons (Fsp3) is 0.0769. The predicted molar refractivity (Wildman–Crippen MR) is 74.6 cm³/mol.